The predicted molar refractivity (Wildman–Crippen MR) is 186 cm³/mol. The van der Waals surface area contributed by atoms with Gasteiger partial charge in [-0.2, -0.15) is 0 Å². The van der Waals surface area contributed by atoms with Gasteiger partial charge in [-0.1, -0.05) is 120 Å². The monoisotopic (exact) mass is 627 g/mol. The highest BCUT2D eigenvalue weighted by atomic mass is 16.2. The third-order valence-electron chi connectivity index (χ3n) is 10.7. The maximum Gasteiger partial charge on any atom is 0.239 e. The number of carbonyl (C=O) groups is 4. The van der Waals surface area contributed by atoms with Crippen LogP contribution in [0.5, 0.6) is 0 Å². The average molecular weight is 628 g/mol. The first-order chi connectivity index (χ1) is 23.2. The van der Waals surface area contributed by atoms with E-state index in [9.17, 15) is 4.79 Å². The van der Waals surface area contributed by atoms with E-state index in [1.807, 2.05) is 123 Å². The number of rotatable bonds is 6. The van der Waals surface area contributed by atoms with Crippen molar-refractivity contribution in [3.8, 4) is 0 Å². The number of fused-ring (bicyclic) bond motifs is 5. The number of Topliss-reactive ketones (excluding diaryl/α,β-unsaturated/α-hetero) is 2. The lowest BCUT2D eigenvalue weighted by Crippen LogP contribution is -2.45. The predicted octanol–water partition coefficient (Wildman–Crippen LogP) is 7.69. The zero-order chi connectivity index (χ0) is 33.4. The van der Waals surface area contributed by atoms with Crippen LogP contribution >= 0.6 is 0 Å². The van der Waals surface area contributed by atoms with E-state index in [0.29, 0.717) is 22.4 Å². The molecule has 234 valence electrons. The number of amides is 2. The molecule has 1 saturated carbocycles. The Morgan fingerprint density at radius 3 is 1.31 bits per heavy atom. The summed E-state index contributed by atoms with van der Waals surface area (Å²) < 4.78 is 0. The highest BCUT2D eigenvalue weighted by Crippen LogP contribution is 2.74. The molecule has 5 aromatic carbocycles. The molecule has 1 aliphatic heterocycles. The molecule has 0 spiro atoms. The van der Waals surface area contributed by atoms with Crippen molar-refractivity contribution in [2.45, 2.75) is 31.6 Å². The van der Waals surface area contributed by atoms with Crippen molar-refractivity contribution in [1.82, 2.24) is 0 Å². The molecule has 2 bridgehead atoms. The van der Waals surface area contributed by atoms with Gasteiger partial charge in [-0.05, 0) is 78.4 Å². The summed E-state index contributed by atoms with van der Waals surface area (Å²) >= 11 is 0. The molecule has 2 fully saturated rings. The molecule has 5 aromatic rings. The summed E-state index contributed by atoms with van der Waals surface area (Å²) in [6.45, 7) is 5.52. The molecule has 0 N–H and O–H groups in total. The topological polar surface area (TPSA) is 71.5 Å². The molecule has 5 heteroatoms. The van der Waals surface area contributed by atoms with Gasteiger partial charge >= 0.3 is 0 Å². The normalized spacial score (nSPS) is 24.4. The van der Waals surface area contributed by atoms with Crippen LogP contribution in [-0.4, -0.2) is 23.4 Å². The van der Waals surface area contributed by atoms with Gasteiger partial charge in [0.05, 0.1) is 28.4 Å². The van der Waals surface area contributed by atoms with Gasteiger partial charge in [0.25, 0.3) is 0 Å². The van der Waals surface area contributed by atoms with Crippen molar-refractivity contribution in [2.24, 2.45) is 11.8 Å². The Morgan fingerprint density at radius 1 is 0.542 bits per heavy atom. The number of aryl methyl sites for hydroxylation is 2. The van der Waals surface area contributed by atoms with Gasteiger partial charge in [-0.3, -0.25) is 19.2 Å². The van der Waals surface area contributed by atoms with E-state index in [1.54, 1.807) is 24.3 Å². The summed E-state index contributed by atoms with van der Waals surface area (Å²) in [4.78, 5) is 59.5. The zero-order valence-corrected chi connectivity index (χ0v) is 26.9. The maximum atomic E-state index is 16.0. The van der Waals surface area contributed by atoms with Crippen molar-refractivity contribution in [3.05, 3.63) is 172 Å². The van der Waals surface area contributed by atoms with Crippen LogP contribution in [0.15, 0.2) is 133 Å². The van der Waals surface area contributed by atoms with Gasteiger partial charge in [0.15, 0.2) is 11.6 Å². The highest BCUT2D eigenvalue weighted by molar-refractivity contribution is 6.39. The molecule has 5 nitrogen and oxygen atoms in total. The van der Waals surface area contributed by atoms with Crippen LogP contribution in [-0.2, 0) is 25.2 Å². The molecule has 4 atom stereocenters. The molecule has 0 aromatic heterocycles. The zero-order valence-electron chi connectivity index (χ0n) is 26.9. The third kappa shape index (κ3) is 3.79. The van der Waals surface area contributed by atoms with Gasteiger partial charge < -0.3 is 0 Å². The number of hydrogen-bond donors (Lipinski definition) is 0. The Hall–Kier alpha value is -5.68. The number of benzene rings is 5. The van der Waals surface area contributed by atoms with E-state index in [2.05, 4.69) is 0 Å². The Morgan fingerprint density at radius 2 is 0.938 bits per heavy atom. The van der Waals surface area contributed by atoms with Crippen LogP contribution in [0.2, 0.25) is 0 Å². The van der Waals surface area contributed by atoms with Crippen molar-refractivity contribution in [2.75, 3.05) is 4.90 Å². The second kappa shape index (κ2) is 10.7. The van der Waals surface area contributed by atoms with Crippen LogP contribution in [0, 0.1) is 25.7 Å². The number of nitrogens with zero attached hydrogens (tertiary/aromatic N) is 1. The summed E-state index contributed by atoms with van der Waals surface area (Å²) in [5, 5.41) is 0. The minimum atomic E-state index is -1.46. The van der Waals surface area contributed by atoms with Gasteiger partial charge in [0.1, 0.15) is 0 Å². The Kier molecular flexibility index (Phi) is 6.61. The molecule has 1 saturated heterocycles. The molecule has 3 aliphatic rings. The summed E-state index contributed by atoms with van der Waals surface area (Å²) in [5.41, 5.74) is 4.69. The first kappa shape index (κ1) is 29.7. The number of anilines is 1. The average Bonchev–Trinajstić information content (AvgIpc) is 3.62. The van der Waals surface area contributed by atoms with E-state index in [-0.39, 0.29) is 11.6 Å². The Balaban J connectivity index is 1.52. The van der Waals surface area contributed by atoms with E-state index in [0.717, 1.165) is 33.4 Å². The Labute approximate surface area is 279 Å². The largest absolute Gasteiger partial charge is 0.297 e. The Bertz CT molecular complexity index is 2040. The smallest absolute Gasteiger partial charge is 0.239 e. The second-order valence-electron chi connectivity index (χ2n) is 13.2. The van der Waals surface area contributed by atoms with E-state index in [4.69, 9.17) is 0 Å². The summed E-state index contributed by atoms with van der Waals surface area (Å²) in [6, 6.07) is 41.9. The fraction of sp³-hybridized carbons (Fsp3) is 0.163. The van der Waals surface area contributed by atoms with Gasteiger partial charge in [0, 0.05) is 5.56 Å². The first-order valence-electron chi connectivity index (χ1n) is 16.3. The second-order valence-corrected chi connectivity index (χ2v) is 13.2. The van der Waals surface area contributed by atoms with Crippen LogP contribution in [0.1, 0.15) is 50.7 Å². The van der Waals surface area contributed by atoms with Crippen LogP contribution in [0.25, 0.3) is 11.1 Å². The quantitative estimate of drug-likeness (QED) is 0.143. The summed E-state index contributed by atoms with van der Waals surface area (Å²) in [7, 11) is 0. The number of allylic oxidation sites excluding steroid dienone is 2. The standard InChI is InChI=1S/C43H33NO4/c1-26-14-18-30(19-15-26)35-36(31-20-16-27(2)17-21-31)43(33-12-8-5-9-13-33)38-37(42(35,41(43)48)32-10-6-4-7-11-32)39(46)44(40(38)47)34-24-22-29(23-25-34)28(3)45/h4-25,37-38H,1-3H3/t37-,38-,42-,43-/m0/s1. The molecular formula is C43H33NO4. The minimum absolute atomic E-state index is 0.109. The lowest BCUT2D eigenvalue weighted by molar-refractivity contribution is -0.130. The van der Waals surface area contributed by atoms with Crippen molar-refractivity contribution >= 4 is 40.2 Å². The highest BCUT2D eigenvalue weighted by Gasteiger charge is 2.82. The summed E-state index contributed by atoms with van der Waals surface area (Å²) in [5.74, 6) is -3.09. The molecule has 48 heavy (non-hydrogen) atoms. The molecule has 1 heterocycles. The van der Waals surface area contributed by atoms with Crippen LogP contribution in [0.4, 0.5) is 5.69 Å². The van der Waals surface area contributed by atoms with Crippen LogP contribution < -0.4 is 4.90 Å². The van der Waals surface area contributed by atoms with Gasteiger partial charge in [-0.15, -0.1) is 0 Å². The van der Waals surface area contributed by atoms with Crippen LogP contribution in [0.3, 0.4) is 0 Å². The molecule has 2 amide bonds. The fourth-order valence-corrected chi connectivity index (χ4v) is 8.66. The first-order valence-corrected chi connectivity index (χ1v) is 16.3. The number of hydrogen-bond acceptors (Lipinski definition) is 4. The van der Waals surface area contributed by atoms with E-state index >= 15 is 14.4 Å². The van der Waals surface area contributed by atoms with Gasteiger partial charge in [0.2, 0.25) is 11.8 Å². The van der Waals surface area contributed by atoms with Crippen molar-refractivity contribution in [1.29, 1.82) is 0 Å². The molecule has 2 aliphatic carbocycles. The molecule has 0 unspecified atom stereocenters. The van der Waals surface area contributed by atoms with Gasteiger partial charge in [-0.25, -0.2) is 4.90 Å². The van der Waals surface area contributed by atoms with E-state index < -0.39 is 34.5 Å². The maximum absolute atomic E-state index is 16.0. The van der Waals surface area contributed by atoms with E-state index in [1.165, 1.54) is 11.8 Å². The minimum Gasteiger partial charge on any atom is -0.297 e. The number of ketones is 2. The SMILES string of the molecule is CC(=O)c1ccc(N2C(=O)[C@@H]3[C@@H](C2=O)[C@@]2(c4ccccc4)C(=O)[C@@]3(c3ccccc3)C(c3ccc(C)cc3)=C2c2ccc(C)cc2)cc1. The lowest BCUT2D eigenvalue weighted by atomic mass is 9.59. The van der Waals surface area contributed by atoms with Crippen molar-refractivity contribution < 1.29 is 19.2 Å². The molecule has 8 rings (SSSR count). The fourth-order valence-electron chi connectivity index (χ4n) is 8.66. The number of imide groups is 1. The summed E-state index contributed by atoms with van der Waals surface area (Å²) in [6.07, 6.45) is 0. The van der Waals surface area contributed by atoms with Crippen molar-refractivity contribution in [3.63, 3.8) is 0 Å². The molecule has 0 radical (unpaired) electrons. The molecular weight excluding hydrogens is 594 g/mol. The lowest BCUT2D eigenvalue weighted by Gasteiger charge is -2.39. The third-order valence-corrected chi connectivity index (χ3v) is 10.7. The number of carbonyl (C=O) groups excluding carboxylic acids is 4.